The van der Waals surface area contributed by atoms with Gasteiger partial charge in [-0.1, -0.05) is 0 Å². The van der Waals surface area contributed by atoms with Crippen LogP contribution < -0.4 is 0 Å². The number of hydrogen-bond donors (Lipinski definition) is 0. The number of hydrogen-bond acceptors (Lipinski definition) is 3. The molecular formula is C16H25NO3. The number of amides is 1. The van der Waals surface area contributed by atoms with E-state index in [9.17, 15) is 9.59 Å². The number of ether oxygens (including phenoxy) is 1. The number of rotatable bonds is 2. The maximum atomic E-state index is 12.6. The van der Waals surface area contributed by atoms with Crippen molar-refractivity contribution in [3.8, 4) is 0 Å². The average molecular weight is 279 g/mol. The van der Waals surface area contributed by atoms with E-state index in [1.807, 2.05) is 20.8 Å². The van der Waals surface area contributed by atoms with Gasteiger partial charge < -0.3 is 9.64 Å². The lowest BCUT2D eigenvalue weighted by Gasteiger charge is -2.29. The molecule has 112 valence electrons. The number of fused-ring (bicyclic) bond motifs is 1. The number of likely N-dealkylation sites (tertiary alicyclic amines) is 1. The van der Waals surface area contributed by atoms with Crippen molar-refractivity contribution in [3.05, 3.63) is 0 Å². The van der Waals surface area contributed by atoms with Gasteiger partial charge in [0.25, 0.3) is 0 Å². The zero-order valence-electron chi connectivity index (χ0n) is 12.7. The Balaban J connectivity index is 1.62. The lowest BCUT2D eigenvalue weighted by Crippen LogP contribution is -2.45. The summed E-state index contributed by atoms with van der Waals surface area (Å²) in [5, 5.41) is 0. The van der Waals surface area contributed by atoms with Crippen LogP contribution in [0.5, 0.6) is 0 Å². The van der Waals surface area contributed by atoms with E-state index in [4.69, 9.17) is 4.74 Å². The summed E-state index contributed by atoms with van der Waals surface area (Å²) in [6, 6.07) is -0.348. The maximum absolute atomic E-state index is 12.6. The van der Waals surface area contributed by atoms with Crippen molar-refractivity contribution >= 4 is 11.9 Å². The van der Waals surface area contributed by atoms with Crippen LogP contribution in [0.3, 0.4) is 0 Å². The molecule has 1 aliphatic heterocycles. The zero-order chi connectivity index (χ0) is 14.5. The standard InChI is InChI=1S/C16H25NO3/c1-16(2,3)20-15(19)13-5-4-6-17(13)14(18)12-8-10-7-11(10)9-12/h10-13H,4-9H2,1-3H3/t10?,11?,12?,13-/m1/s1. The normalized spacial score (nSPS) is 35.9. The van der Waals surface area contributed by atoms with E-state index in [0.717, 1.165) is 37.5 Å². The van der Waals surface area contributed by atoms with E-state index >= 15 is 0 Å². The van der Waals surface area contributed by atoms with Crippen LogP contribution >= 0.6 is 0 Å². The van der Waals surface area contributed by atoms with E-state index in [2.05, 4.69) is 0 Å². The largest absolute Gasteiger partial charge is 0.458 e. The fraction of sp³-hybridized carbons (Fsp3) is 0.875. The second-order valence-electron chi connectivity index (χ2n) is 7.65. The molecule has 3 fully saturated rings. The second-order valence-corrected chi connectivity index (χ2v) is 7.65. The predicted octanol–water partition coefficient (Wildman–Crippen LogP) is 2.37. The monoisotopic (exact) mass is 279 g/mol. The highest BCUT2D eigenvalue weighted by atomic mass is 16.6. The first-order chi connectivity index (χ1) is 9.35. The van der Waals surface area contributed by atoms with Gasteiger partial charge in [0.05, 0.1) is 0 Å². The first-order valence-corrected chi connectivity index (χ1v) is 7.88. The van der Waals surface area contributed by atoms with Gasteiger partial charge in [-0.15, -0.1) is 0 Å². The van der Waals surface area contributed by atoms with E-state index in [-0.39, 0.29) is 23.8 Å². The summed E-state index contributed by atoms with van der Waals surface area (Å²) in [7, 11) is 0. The molecule has 4 heteroatoms. The van der Waals surface area contributed by atoms with Crippen molar-refractivity contribution in [1.29, 1.82) is 0 Å². The van der Waals surface area contributed by atoms with Gasteiger partial charge in [-0.2, -0.15) is 0 Å². The van der Waals surface area contributed by atoms with Crippen LogP contribution in [0.1, 0.15) is 52.9 Å². The summed E-state index contributed by atoms with van der Waals surface area (Å²) >= 11 is 0. The van der Waals surface area contributed by atoms with E-state index in [1.54, 1.807) is 4.90 Å². The Hall–Kier alpha value is -1.06. The summed E-state index contributed by atoms with van der Waals surface area (Å²) in [6.45, 7) is 6.33. The minimum Gasteiger partial charge on any atom is -0.458 e. The van der Waals surface area contributed by atoms with Gasteiger partial charge in [0.15, 0.2) is 0 Å². The smallest absolute Gasteiger partial charge is 0.329 e. The molecule has 0 radical (unpaired) electrons. The molecule has 1 saturated heterocycles. The summed E-state index contributed by atoms with van der Waals surface area (Å²) in [6.07, 6.45) is 5.07. The Morgan fingerprint density at radius 3 is 2.35 bits per heavy atom. The molecule has 1 amide bonds. The minimum absolute atomic E-state index is 0.168. The first kappa shape index (κ1) is 13.9. The Bertz CT molecular complexity index is 416. The summed E-state index contributed by atoms with van der Waals surface area (Å²) in [4.78, 5) is 26.7. The fourth-order valence-electron chi connectivity index (χ4n) is 3.80. The molecule has 0 N–H and O–H groups in total. The summed E-state index contributed by atoms with van der Waals surface area (Å²) < 4.78 is 5.46. The van der Waals surface area contributed by atoms with Gasteiger partial charge in [0.1, 0.15) is 11.6 Å². The Morgan fingerprint density at radius 1 is 1.10 bits per heavy atom. The molecule has 2 saturated carbocycles. The molecule has 2 aliphatic carbocycles. The second kappa shape index (κ2) is 4.74. The summed E-state index contributed by atoms with van der Waals surface area (Å²) in [5.74, 6) is 1.73. The Kier molecular flexibility index (Phi) is 3.30. The first-order valence-electron chi connectivity index (χ1n) is 7.88. The highest BCUT2D eigenvalue weighted by Gasteiger charge is 2.50. The van der Waals surface area contributed by atoms with E-state index in [0.29, 0.717) is 6.54 Å². The SMILES string of the molecule is CC(C)(C)OC(=O)[C@H]1CCCN1C(=O)C1CC2CC2C1. The van der Waals surface area contributed by atoms with Crippen LogP contribution in [0.4, 0.5) is 0 Å². The molecule has 0 aromatic rings. The molecule has 2 unspecified atom stereocenters. The molecule has 3 aliphatic rings. The summed E-state index contributed by atoms with van der Waals surface area (Å²) in [5.41, 5.74) is -0.483. The number of nitrogens with zero attached hydrogens (tertiary/aromatic N) is 1. The van der Waals surface area contributed by atoms with Crippen molar-refractivity contribution in [1.82, 2.24) is 4.90 Å². The van der Waals surface area contributed by atoms with E-state index < -0.39 is 5.60 Å². The Morgan fingerprint density at radius 2 is 1.75 bits per heavy atom. The third kappa shape index (κ3) is 2.70. The van der Waals surface area contributed by atoms with Gasteiger partial charge in [-0.25, -0.2) is 4.79 Å². The van der Waals surface area contributed by atoms with Crippen LogP contribution in [0, 0.1) is 17.8 Å². The molecule has 0 bridgehead atoms. The van der Waals surface area contributed by atoms with Crippen LogP contribution in [0.2, 0.25) is 0 Å². The molecule has 4 nitrogen and oxygen atoms in total. The third-order valence-corrected chi connectivity index (χ3v) is 4.81. The molecule has 0 aromatic heterocycles. The highest BCUT2D eigenvalue weighted by Crippen LogP contribution is 2.54. The van der Waals surface area contributed by atoms with Gasteiger partial charge in [-0.05, 0) is 64.7 Å². The van der Waals surface area contributed by atoms with Crippen LogP contribution in [0.15, 0.2) is 0 Å². The molecule has 3 rings (SSSR count). The average Bonchev–Trinajstić information content (AvgIpc) is 2.81. The van der Waals surface area contributed by atoms with Gasteiger partial charge >= 0.3 is 5.97 Å². The minimum atomic E-state index is -0.483. The third-order valence-electron chi connectivity index (χ3n) is 4.81. The Labute approximate surface area is 120 Å². The number of carbonyl (C=O) groups excluding carboxylic acids is 2. The van der Waals surface area contributed by atoms with Gasteiger partial charge in [0, 0.05) is 12.5 Å². The quantitative estimate of drug-likeness (QED) is 0.729. The molecule has 0 spiro atoms. The lowest BCUT2D eigenvalue weighted by molar-refractivity contribution is -0.164. The topological polar surface area (TPSA) is 46.6 Å². The molecule has 20 heavy (non-hydrogen) atoms. The number of carbonyl (C=O) groups is 2. The van der Waals surface area contributed by atoms with Crippen LogP contribution in [0.25, 0.3) is 0 Å². The van der Waals surface area contributed by atoms with Crippen molar-refractivity contribution in [3.63, 3.8) is 0 Å². The lowest BCUT2D eigenvalue weighted by atomic mass is 10.0. The van der Waals surface area contributed by atoms with Crippen molar-refractivity contribution in [2.24, 2.45) is 17.8 Å². The fourth-order valence-corrected chi connectivity index (χ4v) is 3.80. The van der Waals surface area contributed by atoms with Crippen molar-refractivity contribution < 1.29 is 14.3 Å². The van der Waals surface area contributed by atoms with Gasteiger partial charge in [-0.3, -0.25) is 4.79 Å². The molecule has 1 heterocycles. The van der Waals surface area contributed by atoms with Crippen LogP contribution in [-0.2, 0) is 14.3 Å². The number of esters is 1. The van der Waals surface area contributed by atoms with Gasteiger partial charge in [0.2, 0.25) is 5.91 Å². The van der Waals surface area contributed by atoms with Crippen molar-refractivity contribution in [2.45, 2.75) is 64.5 Å². The predicted molar refractivity (Wildman–Crippen MR) is 74.9 cm³/mol. The molecule has 0 aromatic carbocycles. The zero-order valence-corrected chi connectivity index (χ0v) is 12.7. The maximum Gasteiger partial charge on any atom is 0.329 e. The molecular weight excluding hydrogens is 254 g/mol. The van der Waals surface area contributed by atoms with E-state index in [1.165, 1.54) is 6.42 Å². The van der Waals surface area contributed by atoms with Crippen LogP contribution in [-0.4, -0.2) is 35.0 Å². The molecule has 3 atom stereocenters. The van der Waals surface area contributed by atoms with Crippen molar-refractivity contribution in [2.75, 3.05) is 6.54 Å². The highest BCUT2D eigenvalue weighted by molar-refractivity contribution is 5.87.